The Hall–Kier alpha value is -1.12. The third-order valence-corrected chi connectivity index (χ3v) is 5.99. The second kappa shape index (κ2) is 6.33. The fourth-order valence-corrected chi connectivity index (χ4v) is 3.96. The molecule has 0 saturated heterocycles. The minimum atomic E-state index is -3.81. The van der Waals surface area contributed by atoms with E-state index in [1.807, 2.05) is 13.8 Å². The number of nitrogens with one attached hydrogen (secondary N) is 2. The van der Waals surface area contributed by atoms with Crippen LogP contribution in [0.15, 0.2) is 28.0 Å². The van der Waals surface area contributed by atoms with Crippen molar-refractivity contribution in [2.24, 2.45) is 5.92 Å². The van der Waals surface area contributed by atoms with Crippen molar-refractivity contribution >= 4 is 25.5 Å². The summed E-state index contributed by atoms with van der Waals surface area (Å²) in [5.41, 5.74) is 0.353. The molecular weight excluding hydrogens is 312 g/mol. The molecule has 0 heterocycles. The van der Waals surface area contributed by atoms with Crippen molar-refractivity contribution in [3.8, 4) is 0 Å². The summed E-state index contributed by atoms with van der Waals surface area (Å²) in [6.45, 7) is 5.57. The zero-order valence-electron chi connectivity index (χ0n) is 12.8. The number of hydrogen-bond donors (Lipinski definition) is 2. The predicted octanol–water partition coefficient (Wildman–Crippen LogP) is 1.45. The van der Waals surface area contributed by atoms with Gasteiger partial charge in [0.1, 0.15) is 4.90 Å². The van der Waals surface area contributed by atoms with Crippen molar-refractivity contribution in [3.63, 3.8) is 0 Å². The SMILES string of the molecule is CNc1ccc(S(C)(=O)=O)cc1S(=O)(=O)NC(C)C(C)C. The first kappa shape index (κ1) is 17.9. The van der Waals surface area contributed by atoms with Crippen LogP contribution >= 0.6 is 0 Å². The molecule has 2 N–H and O–H groups in total. The lowest BCUT2D eigenvalue weighted by atomic mass is 10.1. The highest BCUT2D eigenvalue weighted by Gasteiger charge is 2.24. The lowest BCUT2D eigenvalue weighted by molar-refractivity contribution is 0.476. The van der Waals surface area contributed by atoms with Crippen LogP contribution in [0.3, 0.4) is 0 Å². The van der Waals surface area contributed by atoms with Crippen LogP contribution in [-0.2, 0) is 19.9 Å². The maximum absolute atomic E-state index is 12.5. The largest absolute Gasteiger partial charge is 0.387 e. The summed E-state index contributed by atoms with van der Waals surface area (Å²) in [4.78, 5) is -0.0977. The second-order valence-corrected chi connectivity index (χ2v) is 9.03. The molecule has 8 heteroatoms. The Labute approximate surface area is 126 Å². The molecule has 0 amide bonds. The summed E-state index contributed by atoms with van der Waals surface area (Å²) < 4.78 is 50.7. The van der Waals surface area contributed by atoms with E-state index >= 15 is 0 Å². The zero-order valence-corrected chi connectivity index (χ0v) is 14.5. The van der Waals surface area contributed by atoms with Gasteiger partial charge in [-0.3, -0.25) is 0 Å². The Kier molecular flexibility index (Phi) is 5.40. The van der Waals surface area contributed by atoms with E-state index in [2.05, 4.69) is 10.0 Å². The fourth-order valence-electron chi connectivity index (χ4n) is 1.61. The van der Waals surface area contributed by atoms with Gasteiger partial charge in [-0.15, -0.1) is 0 Å². The van der Waals surface area contributed by atoms with E-state index in [0.29, 0.717) is 5.69 Å². The maximum Gasteiger partial charge on any atom is 0.242 e. The first-order valence-electron chi connectivity index (χ1n) is 6.53. The number of hydrogen-bond acceptors (Lipinski definition) is 5. The second-order valence-electron chi connectivity index (χ2n) is 5.33. The van der Waals surface area contributed by atoms with Crippen molar-refractivity contribution < 1.29 is 16.8 Å². The van der Waals surface area contributed by atoms with E-state index in [1.165, 1.54) is 18.2 Å². The molecule has 0 aromatic heterocycles. The van der Waals surface area contributed by atoms with E-state index in [9.17, 15) is 16.8 Å². The molecule has 0 radical (unpaired) electrons. The lowest BCUT2D eigenvalue weighted by Gasteiger charge is -2.19. The minimum Gasteiger partial charge on any atom is -0.387 e. The molecule has 21 heavy (non-hydrogen) atoms. The molecule has 120 valence electrons. The number of sulfonamides is 1. The van der Waals surface area contributed by atoms with Crippen molar-refractivity contribution in [1.29, 1.82) is 0 Å². The Morgan fingerprint density at radius 2 is 1.62 bits per heavy atom. The Balaban J connectivity index is 3.39. The van der Waals surface area contributed by atoms with Crippen LogP contribution in [0.2, 0.25) is 0 Å². The Morgan fingerprint density at radius 1 is 1.05 bits per heavy atom. The first-order valence-corrected chi connectivity index (χ1v) is 9.90. The molecule has 6 nitrogen and oxygen atoms in total. The van der Waals surface area contributed by atoms with Gasteiger partial charge in [-0.1, -0.05) is 13.8 Å². The van der Waals surface area contributed by atoms with Crippen LogP contribution < -0.4 is 10.0 Å². The third kappa shape index (κ3) is 4.42. The molecule has 0 aliphatic carbocycles. The van der Waals surface area contributed by atoms with Crippen molar-refractivity contribution in [1.82, 2.24) is 4.72 Å². The van der Waals surface area contributed by atoms with Gasteiger partial charge in [0.25, 0.3) is 0 Å². The van der Waals surface area contributed by atoms with Crippen molar-refractivity contribution in [2.45, 2.75) is 36.6 Å². The fraction of sp³-hybridized carbons (Fsp3) is 0.538. The minimum absolute atomic E-state index is 0.0286. The topological polar surface area (TPSA) is 92.3 Å². The lowest BCUT2D eigenvalue weighted by Crippen LogP contribution is -2.36. The summed E-state index contributed by atoms with van der Waals surface area (Å²) in [7, 11) is -5.70. The smallest absolute Gasteiger partial charge is 0.242 e. The summed E-state index contributed by atoms with van der Waals surface area (Å²) in [6, 6.07) is 3.75. The maximum atomic E-state index is 12.5. The Morgan fingerprint density at radius 3 is 2.05 bits per heavy atom. The van der Waals surface area contributed by atoms with Crippen molar-refractivity contribution in [3.05, 3.63) is 18.2 Å². The van der Waals surface area contributed by atoms with Gasteiger partial charge in [0.05, 0.1) is 10.6 Å². The quantitative estimate of drug-likeness (QED) is 0.821. The molecule has 1 atom stereocenters. The van der Waals surface area contributed by atoms with Gasteiger partial charge in [-0.2, -0.15) is 0 Å². The van der Waals surface area contributed by atoms with Crippen LogP contribution in [0.5, 0.6) is 0 Å². The number of anilines is 1. The summed E-state index contributed by atoms with van der Waals surface area (Å²) in [6.07, 6.45) is 1.04. The van der Waals surface area contributed by atoms with Crippen LogP contribution in [0.4, 0.5) is 5.69 Å². The van der Waals surface area contributed by atoms with E-state index in [0.717, 1.165) is 6.26 Å². The summed E-state index contributed by atoms with van der Waals surface area (Å²) in [5, 5.41) is 2.77. The van der Waals surface area contributed by atoms with Crippen molar-refractivity contribution in [2.75, 3.05) is 18.6 Å². The van der Waals surface area contributed by atoms with E-state index in [-0.39, 0.29) is 21.8 Å². The molecule has 0 aliphatic rings. The van der Waals surface area contributed by atoms with Crippen LogP contribution in [0.1, 0.15) is 20.8 Å². The summed E-state index contributed by atoms with van der Waals surface area (Å²) >= 11 is 0. The van der Waals surface area contributed by atoms with Gasteiger partial charge in [0.2, 0.25) is 10.0 Å². The van der Waals surface area contributed by atoms with Gasteiger partial charge in [0.15, 0.2) is 9.84 Å². The van der Waals surface area contributed by atoms with Crippen LogP contribution in [0, 0.1) is 5.92 Å². The normalized spacial score (nSPS) is 14.2. The van der Waals surface area contributed by atoms with Gasteiger partial charge in [-0.05, 0) is 31.0 Å². The number of rotatable bonds is 6. The molecule has 1 aromatic carbocycles. The molecule has 0 aliphatic heterocycles. The van der Waals surface area contributed by atoms with Crippen LogP contribution in [-0.4, -0.2) is 36.2 Å². The molecule has 0 saturated carbocycles. The third-order valence-electron chi connectivity index (χ3n) is 3.28. The monoisotopic (exact) mass is 334 g/mol. The average molecular weight is 334 g/mol. The standard InChI is InChI=1S/C13H22N2O4S2/c1-9(2)10(3)15-21(18,19)13-8-11(20(5,16)17)6-7-12(13)14-4/h6-10,14-15H,1-5H3. The molecule has 1 aromatic rings. The molecule has 0 spiro atoms. The number of sulfone groups is 1. The number of benzene rings is 1. The highest BCUT2D eigenvalue weighted by molar-refractivity contribution is 7.91. The molecule has 0 bridgehead atoms. The molecule has 1 rings (SSSR count). The predicted molar refractivity (Wildman–Crippen MR) is 83.7 cm³/mol. The molecular formula is C13H22N2O4S2. The van der Waals surface area contributed by atoms with E-state index in [4.69, 9.17) is 0 Å². The first-order chi connectivity index (χ1) is 9.49. The molecule has 0 fully saturated rings. The zero-order chi connectivity index (χ0) is 16.4. The average Bonchev–Trinajstić information content (AvgIpc) is 2.36. The van der Waals surface area contributed by atoms with Gasteiger partial charge < -0.3 is 5.32 Å². The van der Waals surface area contributed by atoms with Gasteiger partial charge in [-0.25, -0.2) is 21.6 Å². The highest BCUT2D eigenvalue weighted by Crippen LogP contribution is 2.25. The Bertz CT molecular complexity index is 710. The summed E-state index contributed by atoms with van der Waals surface area (Å²) in [5.74, 6) is 0.121. The highest BCUT2D eigenvalue weighted by atomic mass is 32.2. The van der Waals surface area contributed by atoms with E-state index in [1.54, 1.807) is 14.0 Å². The van der Waals surface area contributed by atoms with Gasteiger partial charge >= 0.3 is 0 Å². The van der Waals surface area contributed by atoms with Crippen LogP contribution in [0.25, 0.3) is 0 Å². The molecule has 1 unspecified atom stereocenters. The van der Waals surface area contributed by atoms with E-state index < -0.39 is 19.9 Å². The van der Waals surface area contributed by atoms with Gasteiger partial charge in [0, 0.05) is 19.3 Å².